The highest BCUT2D eigenvalue weighted by atomic mass is 19.1. The second-order valence-electron chi connectivity index (χ2n) is 5.78. The van der Waals surface area contributed by atoms with Crippen LogP contribution in [0.3, 0.4) is 0 Å². The van der Waals surface area contributed by atoms with E-state index in [1.807, 2.05) is 0 Å². The second-order valence-corrected chi connectivity index (χ2v) is 5.78. The number of ether oxygens (including phenoxy) is 1. The molecule has 3 heterocycles. The van der Waals surface area contributed by atoms with Gasteiger partial charge >= 0.3 is 17.7 Å². The molecule has 3 aromatic rings. The average molecular weight is 435 g/mol. The molecule has 0 fully saturated rings. The standard InChI is InChI=1S/C15H14FN9O6/c1-3-31-15(28)12-22-9(8(16)24(12)2)23-14(27)10-17-4-6(19-10)20-13(26)11-18-5-7(21-11)25(29)30/h4-5H,3H2,1-2H3,(H,17,19)(H,18,21)(H,20,26)(H,23,27). The summed E-state index contributed by atoms with van der Waals surface area (Å²) in [5, 5.41) is 15.1. The van der Waals surface area contributed by atoms with Crippen molar-refractivity contribution < 1.29 is 28.4 Å². The third kappa shape index (κ3) is 4.36. The predicted molar refractivity (Wildman–Crippen MR) is 98.9 cm³/mol. The van der Waals surface area contributed by atoms with E-state index in [4.69, 9.17) is 4.74 Å². The molecule has 162 valence electrons. The molecule has 0 atom stereocenters. The number of hydrogen-bond acceptors (Lipinski definition) is 9. The minimum atomic E-state index is -0.990. The largest absolute Gasteiger partial charge is 0.460 e. The Hall–Kier alpha value is -4.63. The molecule has 3 aromatic heterocycles. The number of halogens is 1. The van der Waals surface area contributed by atoms with E-state index >= 15 is 0 Å². The number of H-pyrrole nitrogens is 2. The zero-order valence-corrected chi connectivity index (χ0v) is 15.9. The van der Waals surface area contributed by atoms with Gasteiger partial charge in [0.2, 0.25) is 11.8 Å². The molecule has 2 amide bonds. The van der Waals surface area contributed by atoms with Crippen molar-refractivity contribution in [2.24, 2.45) is 7.05 Å². The number of aromatic nitrogens is 6. The number of carbonyl (C=O) groups excluding carboxylic acids is 3. The first-order chi connectivity index (χ1) is 14.7. The normalized spacial score (nSPS) is 10.5. The first-order valence-electron chi connectivity index (χ1n) is 8.47. The smallest absolute Gasteiger partial charge is 0.374 e. The first-order valence-corrected chi connectivity index (χ1v) is 8.47. The van der Waals surface area contributed by atoms with Crippen LogP contribution in [0.25, 0.3) is 0 Å². The highest BCUT2D eigenvalue weighted by Gasteiger charge is 2.24. The molecule has 0 bridgehead atoms. The lowest BCUT2D eigenvalue weighted by Crippen LogP contribution is -2.16. The van der Waals surface area contributed by atoms with Crippen LogP contribution < -0.4 is 10.6 Å². The van der Waals surface area contributed by atoms with Crippen LogP contribution in [-0.2, 0) is 11.8 Å². The molecule has 0 unspecified atom stereocenters. The van der Waals surface area contributed by atoms with Crippen LogP contribution in [0, 0.1) is 16.1 Å². The van der Waals surface area contributed by atoms with Crippen LogP contribution in [0.1, 0.15) is 38.8 Å². The Bertz CT molecular complexity index is 1180. The minimum Gasteiger partial charge on any atom is -0.460 e. The summed E-state index contributed by atoms with van der Waals surface area (Å²) >= 11 is 0. The summed E-state index contributed by atoms with van der Waals surface area (Å²) < 4.78 is 19.8. The Morgan fingerprint density at radius 2 is 1.84 bits per heavy atom. The highest BCUT2D eigenvalue weighted by Crippen LogP contribution is 2.16. The van der Waals surface area contributed by atoms with Gasteiger partial charge in [-0.1, -0.05) is 0 Å². The predicted octanol–water partition coefficient (Wildman–Crippen LogP) is 0.595. The van der Waals surface area contributed by atoms with E-state index in [1.165, 1.54) is 7.05 Å². The number of rotatable bonds is 7. The minimum absolute atomic E-state index is 0.0390. The number of esters is 1. The maximum atomic E-state index is 14.3. The number of nitrogens with zero attached hydrogens (tertiary/aromatic N) is 5. The van der Waals surface area contributed by atoms with Gasteiger partial charge in [0.25, 0.3) is 11.7 Å². The van der Waals surface area contributed by atoms with Gasteiger partial charge in [-0.25, -0.2) is 24.7 Å². The van der Waals surface area contributed by atoms with Crippen LogP contribution in [0.15, 0.2) is 12.4 Å². The average Bonchev–Trinajstić information content (AvgIpc) is 3.44. The van der Waals surface area contributed by atoms with Crippen molar-refractivity contribution in [1.82, 2.24) is 29.5 Å². The number of nitro groups is 1. The van der Waals surface area contributed by atoms with E-state index in [9.17, 15) is 28.9 Å². The summed E-state index contributed by atoms with van der Waals surface area (Å²) in [6, 6.07) is 0. The molecule has 4 N–H and O–H groups in total. The van der Waals surface area contributed by atoms with Crippen molar-refractivity contribution in [3.63, 3.8) is 0 Å². The van der Waals surface area contributed by atoms with Gasteiger partial charge in [0.1, 0.15) is 12.0 Å². The zero-order chi connectivity index (χ0) is 22.7. The molecule has 3 rings (SSSR count). The van der Waals surface area contributed by atoms with Crippen molar-refractivity contribution in [3.05, 3.63) is 45.9 Å². The monoisotopic (exact) mass is 435 g/mol. The van der Waals surface area contributed by atoms with E-state index in [2.05, 4.69) is 35.6 Å². The number of nitrogens with one attached hydrogen (secondary N) is 4. The van der Waals surface area contributed by atoms with Crippen LogP contribution in [-0.4, -0.2) is 58.8 Å². The van der Waals surface area contributed by atoms with Gasteiger partial charge in [0.15, 0.2) is 11.6 Å². The molecule has 0 aliphatic heterocycles. The third-order valence-electron chi connectivity index (χ3n) is 3.73. The van der Waals surface area contributed by atoms with Gasteiger partial charge in [0, 0.05) is 7.05 Å². The maximum Gasteiger partial charge on any atom is 0.374 e. The Labute approximate surface area is 171 Å². The molecule has 0 saturated heterocycles. The summed E-state index contributed by atoms with van der Waals surface area (Å²) in [4.78, 5) is 61.6. The van der Waals surface area contributed by atoms with E-state index in [0.717, 1.165) is 17.0 Å². The van der Waals surface area contributed by atoms with Gasteiger partial charge in [-0.3, -0.25) is 14.2 Å². The lowest BCUT2D eigenvalue weighted by Gasteiger charge is -2.00. The topological polar surface area (TPSA) is 203 Å². The molecule has 0 spiro atoms. The number of aromatic amines is 2. The van der Waals surface area contributed by atoms with Gasteiger partial charge in [-0.05, 0) is 11.8 Å². The molecule has 0 aromatic carbocycles. The zero-order valence-electron chi connectivity index (χ0n) is 15.9. The lowest BCUT2D eigenvalue weighted by molar-refractivity contribution is -0.389. The fraction of sp³-hybridized carbons (Fsp3) is 0.200. The van der Waals surface area contributed by atoms with E-state index in [1.54, 1.807) is 6.92 Å². The molecular weight excluding hydrogens is 421 g/mol. The summed E-state index contributed by atoms with van der Waals surface area (Å²) in [7, 11) is 1.23. The van der Waals surface area contributed by atoms with Gasteiger partial charge in [-0.15, -0.1) is 0 Å². The van der Waals surface area contributed by atoms with Gasteiger partial charge in [-0.2, -0.15) is 4.39 Å². The Morgan fingerprint density at radius 3 is 2.48 bits per heavy atom. The van der Waals surface area contributed by atoms with Crippen molar-refractivity contribution in [2.75, 3.05) is 17.2 Å². The number of amides is 2. The summed E-state index contributed by atoms with van der Waals surface area (Å²) in [6.07, 6.45) is 1.95. The third-order valence-corrected chi connectivity index (χ3v) is 3.73. The van der Waals surface area contributed by atoms with Crippen LogP contribution >= 0.6 is 0 Å². The number of hydrogen-bond donors (Lipinski definition) is 4. The summed E-state index contributed by atoms with van der Waals surface area (Å²) in [5.41, 5.74) is 0. The van der Waals surface area contributed by atoms with Crippen molar-refractivity contribution in [2.45, 2.75) is 6.92 Å². The molecule has 0 radical (unpaired) electrons. The Kier molecular flexibility index (Phi) is 5.71. The molecule has 0 aliphatic carbocycles. The molecule has 16 heteroatoms. The first kappa shape index (κ1) is 21.1. The number of carbonyl (C=O) groups is 3. The summed E-state index contributed by atoms with van der Waals surface area (Å²) in [5.74, 6) is -5.66. The fourth-order valence-corrected chi connectivity index (χ4v) is 2.30. The molecule has 0 saturated carbocycles. The Balaban J connectivity index is 1.69. The molecule has 0 aliphatic rings. The second kappa shape index (κ2) is 8.39. The maximum absolute atomic E-state index is 14.3. The lowest BCUT2D eigenvalue weighted by atomic mass is 10.5. The van der Waals surface area contributed by atoms with Crippen LogP contribution in [0.2, 0.25) is 0 Å². The van der Waals surface area contributed by atoms with E-state index < -0.39 is 40.3 Å². The quantitative estimate of drug-likeness (QED) is 0.233. The van der Waals surface area contributed by atoms with Crippen molar-refractivity contribution in [3.8, 4) is 0 Å². The van der Waals surface area contributed by atoms with Crippen molar-refractivity contribution in [1.29, 1.82) is 0 Å². The Morgan fingerprint density at radius 1 is 1.19 bits per heavy atom. The molecule has 31 heavy (non-hydrogen) atoms. The van der Waals surface area contributed by atoms with E-state index in [0.29, 0.717) is 0 Å². The molecule has 15 nitrogen and oxygen atoms in total. The van der Waals surface area contributed by atoms with Crippen molar-refractivity contribution >= 4 is 35.2 Å². The van der Waals surface area contributed by atoms with Gasteiger partial charge in [0.05, 0.1) is 12.8 Å². The number of anilines is 2. The van der Waals surface area contributed by atoms with Crippen LogP contribution in [0.5, 0.6) is 0 Å². The van der Waals surface area contributed by atoms with Crippen LogP contribution in [0.4, 0.5) is 21.8 Å². The highest BCUT2D eigenvalue weighted by molar-refractivity contribution is 6.03. The summed E-state index contributed by atoms with van der Waals surface area (Å²) in [6.45, 7) is 1.63. The SMILES string of the molecule is CCOC(=O)c1nc(NC(=O)c2ncc(NC(=O)c3ncc([N+](=O)[O-])[nH]3)[nH]2)c(F)n1C. The van der Waals surface area contributed by atoms with E-state index in [-0.39, 0.29) is 29.9 Å². The fourth-order valence-electron chi connectivity index (χ4n) is 2.30. The number of imidazole rings is 3. The molecular formula is C15H14FN9O6. The van der Waals surface area contributed by atoms with Gasteiger partial charge < -0.3 is 30.5 Å².